The Hall–Kier alpha value is -2.78. The maximum atomic E-state index is 13.4. The molecule has 5 rings (SSSR count). The average Bonchev–Trinajstić information content (AvgIpc) is 3.21. The van der Waals surface area contributed by atoms with Crippen LogP contribution in [0.1, 0.15) is 10.4 Å². The van der Waals surface area contributed by atoms with Crippen LogP contribution in [0, 0.1) is 0 Å². The predicted molar refractivity (Wildman–Crippen MR) is 137 cm³/mol. The molecule has 0 bridgehead atoms. The van der Waals surface area contributed by atoms with Gasteiger partial charge in [-0.2, -0.15) is 0 Å². The summed E-state index contributed by atoms with van der Waals surface area (Å²) in [5.74, 6) is 0.176. The van der Waals surface area contributed by atoms with E-state index in [-0.39, 0.29) is 17.6 Å². The molecule has 0 aromatic heterocycles. The van der Waals surface area contributed by atoms with E-state index < -0.39 is 11.8 Å². The fraction of sp³-hybridized carbons (Fsp3) is 0.130. The first kappa shape index (κ1) is 23.0. The lowest BCUT2D eigenvalue weighted by Crippen LogP contribution is -2.48. The van der Waals surface area contributed by atoms with Crippen molar-refractivity contribution < 1.29 is 14.3 Å². The summed E-state index contributed by atoms with van der Waals surface area (Å²) in [6.07, 6.45) is -0.714. The van der Waals surface area contributed by atoms with Crippen molar-refractivity contribution in [2.75, 3.05) is 21.3 Å². The molecule has 0 spiro atoms. The van der Waals surface area contributed by atoms with E-state index in [1.54, 1.807) is 53.4 Å². The molecule has 0 radical (unpaired) electrons. The topological polar surface area (TPSA) is 82.7 Å². The molecular formula is C23H17Cl3N4O3S. The molecule has 2 amide bonds. The van der Waals surface area contributed by atoms with Gasteiger partial charge < -0.3 is 20.7 Å². The number of ether oxygens (including phenoxy) is 1. The van der Waals surface area contributed by atoms with Crippen molar-refractivity contribution in [3.05, 3.63) is 81.3 Å². The molecule has 174 valence electrons. The second-order valence-electron chi connectivity index (χ2n) is 7.48. The second kappa shape index (κ2) is 9.46. The maximum absolute atomic E-state index is 13.4. The highest BCUT2D eigenvalue weighted by Gasteiger charge is 2.34. The lowest BCUT2D eigenvalue weighted by atomic mass is 10.1. The van der Waals surface area contributed by atoms with Crippen LogP contribution in [0.2, 0.25) is 15.1 Å². The maximum Gasteiger partial charge on any atom is 0.262 e. The summed E-state index contributed by atoms with van der Waals surface area (Å²) in [7, 11) is 0. The van der Waals surface area contributed by atoms with Gasteiger partial charge in [-0.05, 0) is 48.5 Å². The molecule has 2 heterocycles. The predicted octanol–water partition coefficient (Wildman–Crippen LogP) is 5.64. The molecule has 0 fully saturated rings. The van der Waals surface area contributed by atoms with Gasteiger partial charge in [0.1, 0.15) is 5.75 Å². The van der Waals surface area contributed by atoms with Crippen molar-refractivity contribution >= 4 is 75.4 Å². The van der Waals surface area contributed by atoms with E-state index in [0.717, 1.165) is 0 Å². The molecule has 0 aliphatic carbocycles. The lowest BCUT2D eigenvalue weighted by Gasteiger charge is -2.37. The monoisotopic (exact) mass is 534 g/mol. The van der Waals surface area contributed by atoms with Gasteiger partial charge in [0.2, 0.25) is 5.91 Å². The molecule has 7 nitrogen and oxygen atoms in total. The number of fused-ring (bicyclic) bond motifs is 2. The van der Waals surface area contributed by atoms with Gasteiger partial charge in [0, 0.05) is 16.4 Å². The number of carbonyl (C=O) groups excluding carboxylic acids is 2. The Labute approximate surface area is 214 Å². The van der Waals surface area contributed by atoms with Crippen molar-refractivity contribution in [2.45, 2.75) is 11.8 Å². The molecule has 3 N–H and O–H groups in total. The number of thioether (sulfide) groups is 1. The van der Waals surface area contributed by atoms with Crippen LogP contribution in [-0.4, -0.2) is 29.4 Å². The highest BCUT2D eigenvalue weighted by Crippen LogP contribution is 2.37. The van der Waals surface area contributed by atoms with E-state index in [9.17, 15) is 9.59 Å². The van der Waals surface area contributed by atoms with Crippen LogP contribution in [-0.2, 0) is 4.79 Å². The Morgan fingerprint density at radius 2 is 1.82 bits per heavy atom. The highest BCUT2D eigenvalue weighted by molar-refractivity contribution is 8.00. The van der Waals surface area contributed by atoms with Crippen molar-refractivity contribution in [1.82, 2.24) is 5.32 Å². The Bertz CT molecular complexity index is 1290. The summed E-state index contributed by atoms with van der Waals surface area (Å²) in [4.78, 5) is 27.6. The molecule has 2 aliphatic heterocycles. The number of hydrogen-bond acceptors (Lipinski definition) is 6. The minimum atomic E-state index is -0.714. The van der Waals surface area contributed by atoms with E-state index in [1.807, 2.05) is 12.1 Å². The Kier molecular flexibility index (Phi) is 6.40. The number of benzene rings is 3. The van der Waals surface area contributed by atoms with Crippen LogP contribution in [0.3, 0.4) is 0 Å². The fourth-order valence-electron chi connectivity index (χ4n) is 3.66. The molecule has 2 aliphatic rings. The quantitative estimate of drug-likeness (QED) is 0.392. The largest absolute Gasteiger partial charge is 0.450 e. The molecule has 0 saturated carbocycles. The summed E-state index contributed by atoms with van der Waals surface area (Å²) in [5, 5.41) is 10.4. The Morgan fingerprint density at radius 3 is 2.65 bits per heavy atom. The number of halogens is 3. The zero-order valence-corrected chi connectivity index (χ0v) is 20.4. The number of carbonyl (C=O) groups is 2. The number of para-hydroxylation sites is 1. The van der Waals surface area contributed by atoms with E-state index >= 15 is 0 Å². The van der Waals surface area contributed by atoms with Gasteiger partial charge in [-0.1, -0.05) is 46.9 Å². The summed E-state index contributed by atoms with van der Waals surface area (Å²) in [5.41, 5.74) is 1.92. The van der Waals surface area contributed by atoms with E-state index in [4.69, 9.17) is 39.5 Å². The van der Waals surface area contributed by atoms with Crippen LogP contribution in [0.5, 0.6) is 5.75 Å². The van der Waals surface area contributed by atoms with E-state index in [2.05, 4.69) is 16.0 Å². The molecule has 3 aromatic carbocycles. The van der Waals surface area contributed by atoms with Gasteiger partial charge in [0.15, 0.2) is 5.50 Å². The number of amides is 2. The van der Waals surface area contributed by atoms with Crippen molar-refractivity contribution in [2.24, 2.45) is 0 Å². The number of nitrogens with one attached hydrogen (secondary N) is 3. The van der Waals surface area contributed by atoms with Gasteiger partial charge in [-0.15, -0.1) is 11.8 Å². The fourth-order valence-corrected chi connectivity index (χ4v) is 5.09. The third kappa shape index (κ3) is 4.59. The third-order valence-electron chi connectivity index (χ3n) is 5.21. The summed E-state index contributed by atoms with van der Waals surface area (Å²) in [6, 6.07) is 17.4. The minimum absolute atomic E-state index is 0.0591. The number of rotatable bonds is 5. The smallest absolute Gasteiger partial charge is 0.262 e. The Morgan fingerprint density at radius 1 is 1.00 bits per heavy atom. The molecule has 34 heavy (non-hydrogen) atoms. The van der Waals surface area contributed by atoms with Gasteiger partial charge in [-0.3, -0.25) is 14.5 Å². The molecule has 2 unspecified atom stereocenters. The molecule has 11 heteroatoms. The van der Waals surface area contributed by atoms with E-state index in [1.165, 1.54) is 11.8 Å². The van der Waals surface area contributed by atoms with E-state index in [0.29, 0.717) is 43.4 Å². The van der Waals surface area contributed by atoms with Crippen LogP contribution in [0.15, 0.2) is 60.7 Å². The van der Waals surface area contributed by atoms with Crippen LogP contribution in [0.4, 0.5) is 17.1 Å². The molecular weight excluding hydrogens is 519 g/mol. The third-order valence-corrected chi connectivity index (χ3v) is 7.26. The van der Waals surface area contributed by atoms with Crippen molar-refractivity contribution in [1.29, 1.82) is 0 Å². The first-order valence-corrected chi connectivity index (χ1v) is 12.4. The SMILES string of the molecule is O=C(CSC1Nc2ccccc2C(=O)N1c1ccc(Cl)c(Cl)c1)NC1Nc2cc(Cl)ccc2O1. The minimum Gasteiger partial charge on any atom is -0.450 e. The van der Waals surface area contributed by atoms with Crippen LogP contribution < -0.4 is 25.6 Å². The van der Waals surface area contributed by atoms with Crippen LogP contribution in [0.25, 0.3) is 0 Å². The lowest BCUT2D eigenvalue weighted by molar-refractivity contribution is -0.120. The molecule has 3 aromatic rings. The van der Waals surface area contributed by atoms with Gasteiger partial charge in [0.25, 0.3) is 12.3 Å². The number of anilines is 3. The first-order valence-electron chi connectivity index (χ1n) is 10.2. The van der Waals surface area contributed by atoms with Crippen molar-refractivity contribution in [3.63, 3.8) is 0 Å². The van der Waals surface area contributed by atoms with Gasteiger partial charge >= 0.3 is 0 Å². The summed E-state index contributed by atoms with van der Waals surface area (Å²) >= 11 is 19.5. The summed E-state index contributed by atoms with van der Waals surface area (Å²) in [6.45, 7) is 0. The summed E-state index contributed by atoms with van der Waals surface area (Å²) < 4.78 is 5.68. The number of nitrogens with zero attached hydrogens (tertiary/aromatic N) is 1. The molecule has 2 atom stereocenters. The van der Waals surface area contributed by atoms with Crippen LogP contribution >= 0.6 is 46.6 Å². The Balaban J connectivity index is 1.30. The first-order chi connectivity index (χ1) is 16.4. The molecule has 0 saturated heterocycles. The average molecular weight is 536 g/mol. The highest BCUT2D eigenvalue weighted by atomic mass is 35.5. The van der Waals surface area contributed by atoms with Crippen molar-refractivity contribution in [3.8, 4) is 5.75 Å². The van der Waals surface area contributed by atoms with Gasteiger partial charge in [0.05, 0.1) is 27.0 Å². The van der Waals surface area contributed by atoms with Gasteiger partial charge in [-0.25, -0.2) is 0 Å². The standard InChI is InChI=1S/C23H17Cl3N4O3S/c24-12-5-8-19-18(9-12)27-22(33-19)29-20(31)11-34-23-28-17-4-2-1-3-14(17)21(32)30(23)13-6-7-15(25)16(26)10-13/h1-10,22-23,27-28H,11H2,(H,29,31). The zero-order valence-electron chi connectivity index (χ0n) is 17.3. The normalized spacial score (nSPS) is 18.3. The second-order valence-corrected chi connectivity index (χ2v) is 9.80. The number of hydrogen-bond donors (Lipinski definition) is 3. The zero-order chi connectivity index (χ0) is 23.8.